The lowest BCUT2D eigenvalue weighted by Crippen LogP contribution is -2.39. The van der Waals surface area contributed by atoms with E-state index in [9.17, 15) is 9.59 Å². The van der Waals surface area contributed by atoms with Crippen molar-refractivity contribution in [3.63, 3.8) is 0 Å². The number of hydrogen-bond acceptors (Lipinski definition) is 6. The third-order valence-corrected chi connectivity index (χ3v) is 8.02. The first-order chi connectivity index (χ1) is 20.9. The number of ether oxygens (including phenoxy) is 2. The highest BCUT2D eigenvalue weighted by Gasteiger charge is 2.35. The van der Waals surface area contributed by atoms with Crippen molar-refractivity contribution in [3.8, 4) is 0 Å². The minimum Gasteiger partial charge on any atom is -0.450 e. The maximum absolute atomic E-state index is 13.7. The van der Waals surface area contributed by atoms with Crippen LogP contribution in [0.4, 0.5) is 11.4 Å². The van der Waals surface area contributed by atoms with Crippen molar-refractivity contribution in [1.29, 1.82) is 0 Å². The first kappa shape index (κ1) is 34.4. The summed E-state index contributed by atoms with van der Waals surface area (Å²) >= 11 is 0. The Kier molecular flexibility index (Phi) is 12.6. The van der Waals surface area contributed by atoms with E-state index < -0.39 is 24.1 Å². The van der Waals surface area contributed by atoms with Crippen LogP contribution in [0.5, 0.6) is 0 Å². The monoisotopic (exact) mass is 598 g/mol. The van der Waals surface area contributed by atoms with Crippen molar-refractivity contribution >= 4 is 23.3 Å². The molecule has 0 unspecified atom stereocenters. The van der Waals surface area contributed by atoms with Gasteiger partial charge in [0.15, 0.2) is 12.2 Å². The number of esters is 2. The fraction of sp³-hybridized carbons (Fsp3) is 0.421. The molecule has 3 rings (SSSR count). The van der Waals surface area contributed by atoms with Crippen LogP contribution >= 0.6 is 0 Å². The summed E-state index contributed by atoms with van der Waals surface area (Å²) in [4.78, 5) is 31.3. The van der Waals surface area contributed by atoms with Crippen molar-refractivity contribution in [2.24, 2.45) is 5.92 Å². The summed E-state index contributed by atoms with van der Waals surface area (Å²) in [6.07, 6.45) is 10.6. The van der Waals surface area contributed by atoms with Gasteiger partial charge in [-0.05, 0) is 112 Å². The Labute approximate surface area is 264 Å². The standard InChI is InChI=1S/C38H50N2O4/c1-26(2)34-25-16-28(4)13-10-12-27(3)14-11-15-29(5)35(43-37(41)30-17-21-32(22-18-30)39(6)7)36(34)44-38(42)31-19-23-33(24-20-31)40(8)9/h12,15-26,35-36H,10-11,13-14H2,1-9H3/b27-12+,28-16-,29-15+,34-25+/t35-,36-/m1/s1. The Balaban J connectivity index is 2.11. The van der Waals surface area contributed by atoms with E-state index in [-0.39, 0.29) is 5.92 Å². The molecule has 44 heavy (non-hydrogen) atoms. The lowest BCUT2D eigenvalue weighted by molar-refractivity contribution is -0.0155. The van der Waals surface area contributed by atoms with Gasteiger partial charge in [0.1, 0.15) is 0 Å². The highest BCUT2D eigenvalue weighted by atomic mass is 16.6. The topological polar surface area (TPSA) is 59.1 Å². The minimum atomic E-state index is -0.819. The van der Waals surface area contributed by atoms with E-state index in [0.717, 1.165) is 48.2 Å². The van der Waals surface area contributed by atoms with Gasteiger partial charge in [0.2, 0.25) is 0 Å². The first-order valence-electron chi connectivity index (χ1n) is 15.5. The van der Waals surface area contributed by atoms with Crippen LogP contribution in [-0.4, -0.2) is 52.3 Å². The molecule has 1 aliphatic rings. The number of benzene rings is 2. The highest BCUT2D eigenvalue weighted by molar-refractivity contribution is 5.91. The zero-order chi connectivity index (χ0) is 32.4. The number of carbonyl (C=O) groups is 2. The molecule has 6 heteroatoms. The fourth-order valence-electron chi connectivity index (χ4n) is 5.09. The van der Waals surface area contributed by atoms with Crippen molar-refractivity contribution < 1.29 is 19.1 Å². The summed E-state index contributed by atoms with van der Waals surface area (Å²) < 4.78 is 12.7. The molecule has 2 atom stereocenters. The second-order valence-corrected chi connectivity index (χ2v) is 12.4. The molecule has 0 N–H and O–H groups in total. The van der Waals surface area contributed by atoms with E-state index in [1.54, 1.807) is 24.3 Å². The predicted molar refractivity (Wildman–Crippen MR) is 183 cm³/mol. The molecule has 2 aromatic carbocycles. The van der Waals surface area contributed by atoms with Crippen molar-refractivity contribution in [2.75, 3.05) is 38.0 Å². The second-order valence-electron chi connectivity index (χ2n) is 12.4. The van der Waals surface area contributed by atoms with Gasteiger partial charge in [-0.3, -0.25) is 0 Å². The van der Waals surface area contributed by atoms with Gasteiger partial charge in [-0.15, -0.1) is 0 Å². The molecule has 0 bridgehead atoms. The average Bonchev–Trinajstić information content (AvgIpc) is 2.98. The summed E-state index contributed by atoms with van der Waals surface area (Å²) in [6, 6.07) is 14.7. The quantitative estimate of drug-likeness (QED) is 0.235. The maximum atomic E-state index is 13.7. The molecule has 0 spiro atoms. The second kappa shape index (κ2) is 16.1. The fourth-order valence-corrected chi connectivity index (χ4v) is 5.09. The molecule has 0 saturated carbocycles. The first-order valence-corrected chi connectivity index (χ1v) is 15.5. The van der Waals surface area contributed by atoms with E-state index in [0.29, 0.717) is 11.1 Å². The molecule has 2 aromatic rings. The SMILES string of the molecule is C/C1=C/C=C(\C(C)C)[C@@H](OC(=O)c2ccc(N(C)C)cc2)[C@H](OC(=O)c2ccc(N(C)C)cc2)/C(C)=C/CC/C(C)=C/CC1. The number of carbonyl (C=O) groups excluding carboxylic acids is 2. The normalized spacial score (nSPS) is 23.0. The van der Waals surface area contributed by atoms with Gasteiger partial charge in [0.05, 0.1) is 11.1 Å². The van der Waals surface area contributed by atoms with Crippen molar-refractivity contribution in [1.82, 2.24) is 0 Å². The molecule has 236 valence electrons. The third-order valence-electron chi connectivity index (χ3n) is 8.02. The van der Waals surface area contributed by atoms with E-state index in [2.05, 4.69) is 52.0 Å². The number of rotatable bonds is 7. The number of nitrogens with zero attached hydrogens (tertiary/aromatic N) is 2. The largest absolute Gasteiger partial charge is 0.450 e. The molecular formula is C38H50N2O4. The molecule has 0 saturated heterocycles. The molecule has 0 radical (unpaired) electrons. The van der Waals surface area contributed by atoms with Gasteiger partial charge in [0, 0.05) is 39.6 Å². The molecule has 0 amide bonds. The smallest absolute Gasteiger partial charge is 0.338 e. The van der Waals surface area contributed by atoms with Crippen LogP contribution in [0.3, 0.4) is 0 Å². The number of allylic oxidation sites excluding steroid dienone is 6. The molecule has 1 aliphatic carbocycles. The van der Waals surface area contributed by atoms with Crippen LogP contribution in [0.2, 0.25) is 0 Å². The lowest BCUT2D eigenvalue weighted by atomic mass is 9.89. The Hall–Kier alpha value is -4.06. The minimum absolute atomic E-state index is 0.0244. The molecule has 0 fully saturated rings. The Bertz CT molecular complexity index is 1390. The Morgan fingerprint density at radius 2 is 1.11 bits per heavy atom. The third kappa shape index (κ3) is 9.73. The molecule has 0 aromatic heterocycles. The summed E-state index contributed by atoms with van der Waals surface area (Å²) in [5.74, 6) is -0.899. The summed E-state index contributed by atoms with van der Waals surface area (Å²) in [6.45, 7) is 10.4. The van der Waals surface area contributed by atoms with Crippen LogP contribution < -0.4 is 9.80 Å². The van der Waals surface area contributed by atoms with Gasteiger partial charge in [-0.1, -0.05) is 49.3 Å². The zero-order valence-electron chi connectivity index (χ0n) is 28.0. The molecule has 6 nitrogen and oxygen atoms in total. The predicted octanol–water partition coefficient (Wildman–Crippen LogP) is 8.56. The van der Waals surface area contributed by atoms with Crippen LogP contribution in [0.15, 0.2) is 95.1 Å². The van der Waals surface area contributed by atoms with Gasteiger partial charge >= 0.3 is 11.9 Å². The zero-order valence-corrected chi connectivity index (χ0v) is 28.0. The maximum Gasteiger partial charge on any atom is 0.338 e. The van der Waals surface area contributed by atoms with E-state index in [1.807, 2.05) is 69.2 Å². The van der Waals surface area contributed by atoms with Crippen LogP contribution in [0.1, 0.15) is 81.0 Å². The van der Waals surface area contributed by atoms with Crippen LogP contribution in [0.25, 0.3) is 0 Å². The summed E-state index contributed by atoms with van der Waals surface area (Å²) in [5, 5.41) is 0. The molecular weight excluding hydrogens is 548 g/mol. The average molecular weight is 599 g/mol. The van der Waals surface area contributed by atoms with Crippen LogP contribution in [0, 0.1) is 5.92 Å². The summed E-state index contributed by atoms with van der Waals surface area (Å²) in [5.41, 5.74) is 7.15. The number of anilines is 2. The van der Waals surface area contributed by atoms with Gasteiger partial charge in [0.25, 0.3) is 0 Å². The summed E-state index contributed by atoms with van der Waals surface area (Å²) in [7, 11) is 7.82. The Morgan fingerprint density at radius 3 is 1.59 bits per heavy atom. The van der Waals surface area contributed by atoms with Crippen molar-refractivity contribution in [3.05, 3.63) is 106 Å². The van der Waals surface area contributed by atoms with Crippen LogP contribution in [-0.2, 0) is 9.47 Å². The van der Waals surface area contributed by atoms with Gasteiger partial charge in [-0.2, -0.15) is 0 Å². The van der Waals surface area contributed by atoms with E-state index >= 15 is 0 Å². The van der Waals surface area contributed by atoms with E-state index in [1.165, 1.54) is 11.1 Å². The number of hydrogen-bond donors (Lipinski definition) is 0. The molecule has 0 aliphatic heterocycles. The Morgan fingerprint density at radius 1 is 0.659 bits per heavy atom. The van der Waals surface area contributed by atoms with Gasteiger partial charge in [-0.25, -0.2) is 9.59 Å². The highest BCUT2D eigenvalue weighted by Crippen LogP contribution is 2.30. The van der Waals surface area contributed by atoms with Gasteiger partial charge < -0.3 is 19.3 Å². The van der Waals surface area contributed by atoms with Crippen molar-refractivity contribution in [2.45, 2.75) is 72.5 Å². The molecule has 0 heterocycles. The van der Waals surface area contributed by atoms with E-state index in [4.69, 9.17) is 9.47 Å². The lowest BCUT2D eigenvalue weighted by Gasteiger charge is -2.31.